The zero-order chi connectivity index (χ0) is 12.5. The Morgan fingerprint density at radius 2 is 1.78 bits per heavy atom. The van der Waals surface area contributed by atoms with Crippen LogP contribution in [0.4, 0.5) is 0 Å². The summed E-state index contributed by atoms with van der Waals surface area (Å²) in [4.78, 5) is 5.69. The summed E-state index contributed by atoms with van der Waals surface area (Å²) >= 11 is 4.98. The third-order valence-corrected chi connectivity index (χ3v) is 5.35. The molecular weight excluding hydrogens is 242 g/mol. The lowest BCUT2D eigenvalue weighted by Crippen LogP contribution is -2.49. The highest BCUT2D eigenvalue weighted by Crippen LogP contribution is 2.48. The number of thiocarbonyl (C=S) groups is 1. The van der Waals surface area contributed by atoms with E-state index in [1.54, 1.807) is 0 Å². The normalized spacial score (nSPS) is 37.2. The van der Waals surface area contributed by atoms with Gasteiger partial charge in [0.1, 0.15) is 0 Å². The van der Waals surface area contributed by atoms with Gasteiger partial charge in [-0.15, -0.1) is 0 Å². The van der Waals surface area contributed by atoms with Crippen molar-refractivity contribution in [2.24, 2.45) is 23.5 Å². The molecule has 3 nitrogen and oxygen atoms in total. The topological polar surface area (TPSA) is 32.5 Å². The van der Waals surface area contributed by atoms with Crippen molar-refractivity contribution in [1.29, 1.82) is 0 Å². The monoisotopic (exact) mass is 267 g/mol. The molecular formula is C14H25N3S. The SMILES string of the molecule is NC(=S)CN1CCN(CC2CC3CCC2C3)CC1. The first-order valence-corrected chi connectivity index (χ1v) is 7.84. The fourth-order valence-electron chi connectivity index (χ4n) is 4.28. The third-order valence-electron chi connectivity index (χ3n) is 5.22. The molecule has 3 rings (SSSR count). The minimum absolute atomic E-state index is 0.636. The average Bonchev–Trinajstić information content (AvgIpc) is 2.93. The highest BCUT2D eigenvalue weighted by Gasteiger charge is 2.40. The van der Waals surface area contributed by atoms with Crippen LogP contribution in [-0.2, 0) is 0 Å². The van der Waals surface area contributed by atoms with Crippen LogP contribution in [0.15, 0.2) is 0 Å². The molecule has 3 atom stereocenters. The van der Waals surface area contributed by atoms with Crippen LogP contribution in [0.2, 0.25) is 0 Å². The van der Waals surface area contributed by atoms with E-state index in [0.29, 0.717) is 4.99 Å². The van der Waals surface area contributed by atoms with Crippen LogP contribution in [0, 0.1) is 17.8 Å². The van der Waals surface area contributed by atoms with Crippen molar-refractivity contribution in [3.8, 4) is 0 Å². The molecule has 2 N–H and O–H groups in total. The molecule has 3 fully saturated rings. The largest absolute Gasteiger partial charge is 0.392 e. The lowest BCUT2D eigenvalue weighted by atomic mass is 9.88. The fraction of sp³-hybridized carbons (Fsp3) is 0.929. The Morgan fingerprint density at radius 1 is 1.06 bits per heavy atom. The smallest absolute Gasteiger partial charge is 0.0870 e. The summed E-state index contributed by atoms with van der Waals surface area (Å²) in [6, 6.07) is 0. The van der Waals surface area contributed by atoms with Gasteiger partial charge in [-0.3, -0.25) is 4.90 Å². The number of nitrogens with zero attached hydrogens (tertiary/aromatic N) is 2. The molecule has 1 aliphatic heterocycles. The first-order chi connectivity index (χ1) is 8.70. The Labute approximate surface area is 116 Å². The van der Waals surface area contributed by atoms with Gasteiger partial charge in [0.15, 0.2) is 0 Å². The van der Waals surface area contributed by atoms with Crippen molar-refractivity contribution in [2.45, 2.75) is 25.7 Å². The number of piperazine rings is 1. The lowest BCUT2D eigenvalue weighted by molar-refractivity contribution is 0.115. The van der Waals surface area contributed by atoms with Crippen LogP contribution in [0.25, 0.3) is 0 Å². The molecule has 0 spiro atoms. The van der Waals surface area contributed by atoms with E-state index in [1.165, 1.54) is 45.3 Å². The molecule has 0 radical (unpaired) electrons. The first kappa shape index (κ1) is 12.8. The number of rotatable bonds is 4. The minimum atomic E-state index is 0.636. The van der Waals surface area contributed by atoms with Gasteiger partial charge in [-0.2, -0.15) is 0 Å². The van der Waals surface area contributed by atoms with Crippen molar-refractivity contribution < 1.29 is 0 Å². The summed E-state index contributed by atoms with van der Waals surface area (Å²) in [5.41, 5.74) is 5.61. The molecule has 18 heavy (non-hydrogen) atoms. The number of hydrogen-bond acceptors (Lipinski definition) is 3. The summed E-state index contributed by atoms with van der Waals surface area (Å²) in [6.45, 7) is 6.84. The number of hydrogen-bond donors (Lipinski definition) is 1. The van der Waals surface area contributed by atoms with Crippen LogP contribution in [0.5, 0.6) is 0 Å². The quantitative estimate of drug-likeness (QED) is 0.779. The molecule has 0 aromatic heterocycles. The highest BCUT2D eigenvalue weighted by atomic mass is 32.1. The van der Waals surface area contributed by atoms with E-state index in [0.717, 1.165) is 37.4 Å². The second-order valence-corrected chi connectivity index (χ2v) is 7.00. The molecule has 102 valence electrons. The molecule has 3 aliphatic rings. The molecule has 0 aromatic rings. The van der Waals surface area contributed by atoms with Crippen molar-refractivity contribution in [3.63, 3.8) is 0 Å². The van der Waals surface area contributed by atoms with Crippen LogP contribution < -0.4 is 5.73 Å². The minimum Gasteiger partial charge on any atom is -0.392 e. The van der Waals surface area contributed by atoms with E-state index in [2.05, 4.69) is 9.80 Å². The van der Waals surface area contributed by atoms with Gasteiger partial charge in [0.2, 0.25) is 0 Å². The predicted octanol–water partition coefficient (Wildman–Crippen LogP) is 1.33. The van der Waals surface area contributed by atoms with Crippen molar-refractivity contribution in [3.05, 3.63) is 0 Å². The standard InChI is InChI=1S/C14H25N3S/c15-14(18)10-17-5-3-16(4-6-17)9-13-8-11-1-2-12(13)7-11/h11-13H,1-10H2,(H2,15,18). The van der Waals surface area contributed by atoms with Crippen molar-refractivity contribution in [2.75, 3.05) is 39.3 Å². The summed E-state index contributed by atoms with van der Waals surface area (Å²) in [5.74, 6) is 3.14. The molecule has 1 heterocycles. The Bertz CT molecular complexity index is 312. The molecule has 4 heteroatoms. The second kappa shape index (κ2) is 5.43. The average molecular weight is 267 g/mol. The first-order valence-electron chi connectivity index (χ1n) is 7.43. The Kier molecular flexibility index (Phi) is 3.87. The molecule has 1 saturated heterocycles. The van der Waals surface area contributed by atoms with Crippen LogP contribution >= 0.6 is 12.2 Å². The van der Waals surface area contributed by atoms with E-state index in [-0.39, 0.29) is 0 Å². The van der Waals surface area contributed by atoms with Gasteiger partial charge in [-0.1, -0.05) is 18.6 Å². The fourth-order valence-corrected chi connectivity index (χ4v) is 4.46. The molecule has 2 saturated carbocycles. The van der Waals surface area contributed by atoms with Crippen LogP contribution in [0.3, 0.4) is 0 Å². The maximum Gasteiger partial charge on any atom is 0.0870 e. The van der Waals surface area contributed by atoms with Gasteiger partial charge in [-0.05, 0) is 37.0 Å². The molecule has 0 aromatic carbocycles. The molecule has 3 unspecified atom stereocenters. The Balaban J connectivity index is 1.42. The molecule has 2 bridgehead atoms. The van der Waals surface area contributed by atoms with E-state index in [1.807, 2.05) is 0 Å². The Hall–Kier alpha value is -0.190. The van der Waals surface area contributed by atoms with E-state index in [4.69, 9.17) is 18.0 Å². The van der Waals surface area contributed by atoms with Gasteiger partial charge in [0, 0.05) is 39.3 Å². The molecule has 0 amide bonds. The van der Waals surface area contributed by atoms with E-state index >= 15 is 0 Å². The summed E-state index contributed by atoms with van der Waals surface area (Å²) in [5, 5.41) is 0. The van der Waals surface area contributed by atoms with Crippen molar-refractivity contribution >= 4 is 17.2 Å². The maximum atomic E-state index is 5.61. The summed E-state index contributed by atoms with van der Waals surface area (Å²) < 4.78 is 0. The van der Waals surface area contributed by atoms with Crippen LogP contribution in [-0.4, -0.2) is 54.1 Å². The van der Waals surface area contributed by atoms with Gasteiger partial charge in [0.25, 0.3) is 0 Å². The third kappa shape index (κ3) is 2.86. The predicted molar refractivity (Wildman–Crippen MR) is 78.6 cm³/mol. The maximum absolute atomic E-state index is 5.61. The van der Waals surface area contributed by atoms with Gasteiger partial charge < -0.3 is 10.6 Å². The van der Waals surface area contributed by atoms with Gasteiger partial charge in [-0.25, -0.2) is 0 Å². The van der Waals surface area contributed by atoms with Crippen LogP contribution in [0.1, 0.15) is 25.7 Å². The summed E-state index contributed by atoms with van der Waals surface area (Å²) in [6.07, 6.45) is 6.07. The number of fused-ring (bicyclic) bond motifs is 2. The molecule has 2 aliphatic carbocycles. The lowest BCUT2D eigenvalue weighted by Gasteiger charge is -2.37. The second-order valence-electron chi connectivity index (χ2n) is 6.48. The van der Waals surface area contributed by atoms with Gasteiger partial charge >= 0.3 is 0 Å². The number of nitrogens with two attached hydrogens (primary N) is 1. The Morgan fingerprint density at radius 3 is 2.33 bits per heavy atom. The van der Waals surface area contributed by atoms with E-state index in [9.17, 15) is 0 Å². The highest BCUT2D eigenvalue weighted by molar-refractivity contribution is 7.80. The van der Waals surface area contributed by atoms with Crippen molar-refractivity contribution in [1.82, 2.24) is 9.80 Å². The van der Waals surface area contributed by atoms with E-state index < -0.39 is 0 Å². The zero-order valence-electron chi connectivity index (χ0n) is 11.2. The summed E-state index contributed by atoms with van der Waals surface area (Å²) in [7, 11) is 0. The van der Waals surface area contributed by atoms with Gasteiger partial charge in [0.05, 0.1) is 4.99 Å². The zero-order valence-corrected chi connectivity index (χ0v) is 12.0.